The Morgan fingerprint density at radius 2 is 1.81 bits per heavy atom. The Morgan fingerprint density at radius 3 is 2.50 bits per heavy atom. The monoisotopic (exact) mass is 503 g/mol. The molecule has 2 heterocycles. The van der Waals surface area contributed by atoms with E-state index in [9.17, 15) is 9.59 Å². The van der Waals surface area contributed by atoms with Crippen LogP contribution in [0.25, 0.3) is 0 Å². The molecule has 2 amide bonds. The maximum atomic E-state index is 13.8. The summed E-state index contributed by atoms with van der Waals surface area (Å²) in [4.78, 5) is 32.7. The Balaban J connectivity index is 1.49. The van der Waals surface area contributed by atoms with E-state index in [1.807, 2.05) is 52.7 Å². The number of hydrogen-bond donors (Lipinski definition) is 1. The third-order valence-corrected chi connectivity index (χ3v) is 7.71. The Morgan fingerprint density at radius 1 is 1.06 bits per heavy atom. The average Bonchev–Trinajstić information content (AvgIpc) is 3.42. The van der Waals surface area contributed by atoms with Gasteiger partial charge in [0.1, 0.15) is 0 Å². The topological polar surface area (TPSA) is 52.7 Å². The number of rotatable bonds is 11. The van der Waals surface area contributed by atoms with Gasteiger partial charge in [0.05, 0.1) is 12.0 Å². The number of benzene rings is 2. The second-order valence-electron chi connectivity index (χ2n) is 9.88. The number of thiophene rings is 1. The van der Waals surface area contributed by atoms with Crippen molar-refractivity contribution in [1.82, 2.24) is 15.1 Å². The van der Waals surface area contributed by atoms with Gasteiger partial charge in [-0.1, -0.05) is 75.4 Å². The van der Waals surface area contributed by atoms with Gasteiger partial charge in [-0.3, -0.25) is 14.5 Å². The molecule has 1 aliphatic heterocycles. The molecule has 0 unspecified atom stereocenters. The molecule has 0 saturated carbocycles. The molecule has 1 aromatic heterocycles. The van der Waals surface area contributed by atoms with Gasteiger partial charge in [-0.25, -0.2) is 0 Å². The summed E-state index contributed by atoms with van der Waals surface area (Å²) in [7, 11) is 0. The standard InChI is InChI=1S/C30H37N3O2S/c1-4-32(21-23-12-6-5-7-13-23)18-11-17-31-29(34)27-24-14-8-9-15-25(24)30(35)33(20-22(2)3)28(27)26-16-10-19-36-26/h5-10,12-16,19,22,27-28H,4,11,17-18,20-21H2,1-3H3,(H,31,34)/t27-,28-/m1/s1. The Labute approximate surface area is 219 Å². The Bertz CT molecular complexity index is 1130. The number of nitrogens with zero attached hydrogens (tertiary/aromatic N) is 2. The minimum atomic E-state index is -0.428. The molecule has 4 rings (SSSR count). The van der Waals surface area contributed by atoms with Crippen molar-refractivity contribution in [1.29, 1.82) is 0 Å². The lowest BCUT2D eigenvalue weighted by Crippen LogP contribution is -2.48. The molecule has 0 saturated heterocycles. The van der Waals surface area contributed by atoms with Crippen LogP contribution in [0.2, 0.25) is 0 Å². The van der Waals surface area contributed by atoms with Gasteiger partial charge < -0.3 is 10.2 Å². The van der Waals surface area contributed by atoms with E-state index in [4.69, 9.17) is 0 Å². The minimum Gasteiger partial charge on any atom is -0.355 e. The Hall–Kier alpha value is -2.96. The molecule has 2 aromatic carbocycles. The van der Waals surface area contributed by atoms with Crippen LogP contribution in [-0.2, 0) is 11.3 Å². The van der Waals surface area contributed by atoms with Gasteiger partial charge in [0, 0.05) is 36.6 Å². The average molecular weight is 504 g/mol. The third-order valence-electron chi connectivity index (χ3n) is 6.76. The minimum absolute atomic E-state index is 0.00628. The highest BCUT2D eigenvalue weighted by Gasteiger charge is 2.44. The first-order valence-electron chi connectivity index (χ1n) is 13.0. The van der Waals surface area contributed by atoms with Gasteiger partial charge in [-0.05, 0) is 47.5 Å². The van der Waals surface area contributed by atoms with Crippen LogP contribution in [0.3, 0.4) is 0 Å². The molecule has 1 N–H and O–H groups in total. The number of nitrogens with one attached hydrogen (secondary N) is 1. The largest absolute Gasteiger partial charge is 0.355 e. The van der Waals surface area contributed by atoms with Gasteiger partial charge in [0.25, 0.3) is 5.91 Å². The van der Waals surface area contributed by atoms with Crippen LogP contribution < -0.4 is 5.32 Å². The van der Waals surface area contributed by atoms with Crippen LogP contribution in [0.4, 0.5) is 0 Å². The number of carbonyl (C=O) groups is 2. The molecule has 0 spiro atoms. The van der Waals surface area contributed by atoms with Gasteiger partial charge in [-0.2, -0.15) is 0 Å². The Kier molecular flexibility index (Phi) is 8.94. The van der Waals surface area contributed by atoms with Crippen molar-refractivity contribution in [3.8, 4) is 0 Å². The second-order valence-corrected chi connectivity index (χ2v) is 10.9. The van der Waals surface area contributed by atoms with Crippen molar-refractivity contribution in [2.24, 2.45) is 5.92 Å². The van der Waals surface area contributed by atoms with Gasteiger partial charge >= 0.3 is 0 Å². The van der Waals surface area contributed by atoms with Crippen molar-refractivity contribution in [3.63, 3.8) is 0 Å². The summed E-state index contributed by atoms with van der Waals surface area (Å²) in [6.45, 7) is 10.4. The van der Waals surface area contributed by atoms with E-state index in [2.05, 4.69) is 55.3 Å². The molecule has 0 radical (unpaired) electrons. The summed E-state index contributed by atoms with van der Waals surface area (Å²) in [5.74, 6) is -0.118. The highest BCUT2D eigenvalue weighted by molar-refractivity contribution is 7.10. The van der Waals surface area contributed by atoms with Gasteiger partial charge in [-0.15, -0.1) is 11.3 Å². The molecule has 3 aromatic rings. The molecule has 36 heavy (non-hydrogen) atoms. The number of amides is 2. The summed E-state index contributed by atoms with van der Waals surface area (Å²) in [6, 6.07) is 21.9. The molecular weight excluding hydrogens is 466 g/mol. The van der Waals surface area contributed by atoms with Crippen LogP contribution in [0.1, 0.15) is 65.5 Å². The van der Waals surface area contributed by atoms with Crippen LogP contribution in [0.5, 0.6) is 0 Å². The fraction of sp³-hybridized carbons (Fsp3) is 0.400. The third kappa shape index (κ3) is 6.05. The molecule has 190 valence electrons. The van der Waals surface area contributed by atoms with E-state index >= 15 is 0 Å². The number of fused-ring (bicyclic) bond motifs is 1. The summed E-state index contributed by atoms with van der Waals surface area (Å²) in [6.07, 6.45) is 0.874. The second kappa shape index (κ2) is 12.3. The zero-order chi connectivity index (χ0) is 25.5. The summed E-state index contributed by atoms with van der Waals surface area (Å²) < 4.78 is 0. The summed E-state index contributed by atoms with van der Waals surface area (Å²) in [5.41, 5.74) is 2.78. The van der Waals surface area contributed by atoms with Crippen molar-refractivity contribution >= 4 is 23.2 Å². The molecule has 2 atom stereocenters. The van der Waals surface area contributed by atoms with Crippen molar-refractivity contribution in [2.45, 2.75) is 45.7 Å². The zero-order valence-electron chi connectivity index (χ0n) is 21.5. The lowest BCUT2D eigenvalue weighted by molar-refractivity contribution is -0.124. The molecule has 6 heteroatoms. The highest BCUT2D eigenvalue weighted by Crippen LogP contribution is 2.44. The maximum Gasteiger partial charge on any atom is 0.254 e. The first-order valence-corrected chi connectivity index (χ1v) is 13.8. The highest BCUT2D eigenvalue weighted by atomic mass is 32.1. The quantitative estimate of drug-likeness (QED) is 0.341. The predicted molar refractivity (Wildman–Crippen MR) is 147 cm³/mol. The van der Waals surface area contributed by atoms with Crippen molar-refractivity contribution in [3.05, 3.63) is 93.7 Å². The smallest absolute Gasteiger partial charge is 0.254 e. The van der Waals surface area contributed by atoms with Crippen LogP contribution in [-0.4, -0.2) is 47.8 Å². The van der Waals surface area contributed by atoms with E-state index in [-0.39, 0.29) is 17.9 Å². The maximum absolute atomic E-state index is 13.8. The summed E-state index contributed by atoms with van der Waals surface area (Å²) in [5, 5.41) is 5.24. The van der Waals surface area contributed by atoms with E-state index in [1.54, 1.807) is 11.3 Å². The van der Waals surface area contributed by atoms with E-state index in [0.717, 1.165) is 36.5 Å². The van der Waals surface area contributed by atoms with Crippen LogP contribution in [0.15, 0.2) is 72.1 Å². The zero-order valence-corrected chi connectivity index (χ0v) is 22.3. The fourth-order valence-corrected chi connectivity index (χ4v) is 5.93. The normalized spacial score (nSPS) is 17.5. The first kappa shape index (κ1) is 26.1. The van der Waals surface area contributed by atoms with Crippen LogP contribution >= 0.6 is 11.3 Å². The molecule has 0 bridgehead atoms. The lowest BCUT2D eigenvalue weighted by Gasteiger charge is -2.42. The molecule has 0 fully saturated rings. The number of hydrogen-bond acceptors (Lipinski definition) is 4. The number of carbonyl (C=O) groups excluding carboxylic acids is 2. The molecule has 5 nitrogen and oxygen atoms in total. The molecule has 1 aliphatic rings. The van der Waals surface area contributed by atoms with Crippen molar-refractivity contribution in [2.75, 3.05) is 26.2 Å². The van der Waals surface area contributed by atoms with E-state index in [1.165, 1.54) is 5.56 Å². The van der Waals surface area contributed by atoms with Gasteiger partial charge in [0.15, 0.2) is 0 Å². The fourth-order valence-electron chi connectivity index (χ4n) is 5.06. The van der Waals surface area contributed by atoms with E-state index < -0.39 is 5.92 Å². The van der Waals surface area contributed by atoms with Gasteiger partial charge in [0.2, 0.25) is 5.91 Å². The lowest BCUT2D eigenvalue weighted by atomic mass is 9.81. The molecule has 0 aliphatic carbocycles. The summed E-state index contributed by atoms with van der Waals surface area (Å²) >= 11 is 1.61. The molecular formula is C30H37N3O2S. The SMILES string of the molecule is CCN(CCCNC(=O)[C@@H]1c2ccccc2C(=O)N(CC(C)C)[C@@H]1c1cccs1)Cc1ccccc1. The van der Waals surface area contributed by atoms with E-state index in [0.29, 0.717) is 24.6 Å². The van der Waals surface area contributed by atoms with Crippen LogP contribution in [0, 0.1) is 5.92 Å². The first-order chi connectivity index (χ1) is 17.5. The predicted octanol–water partition coefficient (Wildman–Crippen LogP) is 5.71. The van der Waals surface area contributed by atoms with Crippen molar-refractivity contribution < 1.29 is 9.59 Å².